The van der Waals surface area contributed by atoms with Gasteiger partial charge in [-0.25, -0.2) is 15.0 Å². The van der Waals surface area contributed by atoms with Crippen LogP contribution in [0.25, 0.3) is 22.8 Å². The minimum Gasteiger partial charge on any atom is -0.213 e. The number of rotatable bonds is 6. The van der Waals surface area contributed by atoms with Crippen LogP contribution in [0.3, 0.4) is 0 Å². The molecule has 6 aromatic rings. The molecule has 6 rings (SSSR count). The van der Waals surface area contributed by atoms with Crippen LogP contribution >= 0.6 is 0 Å². The molecule has 0 N–H and O–H groups in total. The highest BCUT2D eigenvalue weighted by Gasteiger charge is 2.41. The van der Waals surface area contributed by atoms with E-state index in [9.17, 15) is 11.0 Å². The Labute approximate surface area is 258 Å². The van der Waals surface area contributed by atoms with Crippen LogP contribution in [-0.2, 0) is 0 Å². The molecular formula is C34H27N3Si. The summed E-state index contributed by atoms with van der Waals surface area (Å²) in [6.45, 7) is 1.25. The van der Waals surface area contributed by atoms with Crippen molar-refractivity contribution < 1.29 is 32.9 Å². The molecule has 5 aromatic carbocycles. The highest BCUT2D eigenvalue weighted by Crippen LogP contribution is 2.20. The predicted octanol–water partition coefficient (Wildman–Crippen LogP) is 4.89. The Kier molecular flexibility index (Phi) is 2.45. The summed E-state index contributed by atoms with van der Waals surface area (Å²) in [6, 6.07) is -25.3. The third-order valence-electron chi connectivity index (χ3n) is 5.32. The average Bonchev–Trinajstić information content (AvgIpc) is 3.22. The Balaban J connectivity index is 2.03. The molecule has 0 saturated carbocycles. The van der Waals surface area contributed by atoms with Crippen LogP contribution in [-0.4, -0.2) is 23.0 Å². The van der Waals surface area contributed by atoms with Gasteiger partial charge >= 0.3 is 0 Å². The molecule has 1 heterocycles. The lowest BCUT2D eigenvalue weighted by Gasteiger charge is -2.34. The zero-order valence-electron chi connectivity index (χ0n) is 43.3. The van der Waals surface area contributed by atoms with Crippen molar-refractivity contribution in [2.75, 3.05) is 0 Å². The van der Waals surface area contributed by atoms with E-state index in [2.05, 4.69) is 15.0 Å². The Hall–Kier alpha value is -4.67. The molecule has 4 heteroatoms. The summed E-state index contributed by atoms with van der Waals surface area (Å²) in [4.78, 5) is 12.5. The first-order valence-corrected chi connectivity index (χ1v) is 12.8. The summed E-state index contributed by atoms with van der Waals surface area (Å²) in [5, 5.41) is -4.18. The van der Waals surface area contributed by atoms with Gasteiger partial charge < -0.3 is 0 Å². The van der Waals surface area contributed by atoms with Crippen LogP contribution in [0, 0.1) is 6.92 Å². The highest BCUT2D eigenvalue weighted by atomic mass is 28.3. The van der Waals surface area contributed by atoms with Gasteiger partial charge in [-0.1, -0.05) is 145 Å². The Morgan fingerprint density at radius 2 is 0.842 bits per heavy atom. The monoisotopic (exact) mass is 529 g/mol. The molecule has 0 aliphatic heterocycles. The Bertz CT molecular complexity index is 2710. The maximum atomic E-state index is 9.86. The van der Waals surface area contributed by atoms with Gasteiger partial charge in [0.05, 0.1) is 32.9 Å². The second kappa shape index (κ2) is 10.4. The summed E-state index contributed by atoms with van der Waals surface area (Å²) in [5.41, 5.74) is -1.41. The van der Waals surface area contributed by atoms with E-state index >= 15 is 0 Å². The van der Waals surface area contributed by atoms with Gasteiger partial charge in [0.1, 0.15) is 5.82 Å². The smallest absolute Gasteiger partial charge is 0.179 e. The van der Waals surface area contributed by atoms with Gasteiger partial charge in [0.25, 0.3) is 0 Å². The van der Waals surface area contributed by atoms with E-state index in [0.29, 0.717) is 0 Å². The van der Waals surface area contributed by atoms with Gasteiger partial charge in [-0.2, -0.15) is 0 Å². The molecule has 1 aromatic heterocycles. The van der Waals surface area contributed by atoms with Crippen LogP contribution in [0.5, 0.6) is 0 Å². The lowest BCUT2D eigenvalue weighted by Crippen LogP contribution is -2.74. The first-order valence-electron chi connectivity index (χ1n) is 22.8. The first-order chi connectivity index (χ1) is 28.7. The molecule has 0 amide bonds. The molecule has 0 unspecified atom stereocenters. The zero-order chi connectivity index (χ0) is 46.7. The third-order valence-corrected chi connectivity index (χ3v) is 9.32. The maximum absolute atomic E-state index is 9.86. The predicted molar refractivity (Wildman–Crippen MR) is 159 cm³/mol. The molecule has 3 nitrogen and oxygen atoms in total. The lowest BCUT2D eigenvalue weighted by molar-refractivity contribution is 0.992. The standard InChI is InChI=1S/C34H27N3Si/c1-26-35-33(27-15-6-2-7-16-27)37-34(36-26)28-17-14-24-32(25-28)38(29-18-8-3-9-19-29,30-20-10-4-11-21-30)31-22-12-5-13-23-31/h2-25H,1H3/i2D,3D,4D,5D,6D,7D,8D,9D,10D,11D,12D,13D,14D,15D,16D,17D,18D,19D,20D,21D,22D,23D,24D,25D. The molecule has 0 spiro atoms. The zero-order valence-corrected chi connectivity index (χ0v) is 20.3. The molecular weight excluding hydrogens is 478 g/mol. The maximum Gasteiger partial charge on any atom is 0.179 e. The normalized spacial score (nSPS) is 20.1. The number of nitrogens with zero attached hydrogens (tertiary/aromatic N) is 3. The minimum absolute atomic E-state index is 0.260. The van der Waals surface area contributed by atoms with Crippen molar-refractivity contribution in [3.63, 3.8) is 0 Å². The topological polar surface area (TPSA) is 38.7 Å². The van der Waals surface area contributed by atoms with E-state index in [0.717, 1.165) is 0 Å². The Morgan fingerprint density at radius 1 is 0.447 bits per heavy atom. The van der Waals surface area contributed by atoms with Gasteiger partial charge in [0, 0.05) is 11.1 Å². The largest absolute Gasteiger partial charge is 0.213 e. The Morgan fingerprint density at radius 3 is 1.34 bits per heavy atom. The summed E-state index contributed by atoms with van der Waals surface area (Å²) in [7, 11) is -6.14. The van der Waals surface area contributed by atoms with Crippen LogP contribution in [0.2, 0.25) is 0 Å². The number of aryl methyl sites for hydroxylation is 1. The van der Waals surface area contributed by atoms with Crippen LogP contribution in [0.1, 0.15) is 38.7 Å². The third kappa shape index (κ3) is 4.36. The minimum atomic E-state index is -6.14. The van der Waals surface area contributed by atoms with Gasteiger partial charge in [-0.3, -0.25) is 0 Å². The van der Waals surface area contributed by atoms with E-state index in [1.165, 1.54) is 6.92 Å². The number of hydrogen-bond donors (Lipinski definition) is 0. The van der Waals surface area contributed by atoms with Crippen molar-refractivity contribution in [3.05, 3.63) is 151 Å². The molecule has 0 atom stereocenters. The van der Waals surface area contributed by atoms with Crippen molar-refractivity contribution in [2.24, 2.45) is 0 Å². The summed E-state index contributed by atoms with van der Waals surface area (Å²) in [5.74, 6) is -1.60. The first kappa shape index (κ1) is 8.97. The second-order valence-electron chi connectivity index (χ2n) is 7.53. The van der Waals surface area contributed by atoms with E-state index in [1.807, 2.05) is 0 Å². The highest BCUT2D eigenvalue weighted by molar-refractivity contribution is 7.19. The van der Waals surface area contributed by atoms with Gasteiger partial charge in [-0.05, 0) is 27.7 Å². The fourth-order valence-electron chi connectivity index (χ4n) is 3.77. The molecule has 0 radical (unpaired) electrons. The quantitative estimate of drug-likeness (QED) is 0.228. The van der Waals surface area contributed by atoms with Crippen molar-refractivity contribution in [1.82, 2.24) is 15.0 Å². The van der Waals surface area contributed by atoms with E-state index in [1.54, 1.807) is 0 Å². The fourth-order valence-corrected chi connectivity index (χ4v) is 7.34. The molecule has 0 aliphatic carbocycles. The number of benzene rings is 5. The van der Waals surface area contributed by atoms with E-state index in [4.69, 9.17) is 21.9 Å². The summed E-state index contributed by atoms with van der Waals surface area (Å²) < 4.78 is 212. The van der Waals surface area contributed by atoms with E-state index < -0.39 is 197 Å². The number of hydrogen-bond acceptors (Lipinski definition) is 3. The van der Waals surface area contributed by atoms with Crippen molar-refractivity contribution in [3.8, 4) is 22.8 Å². The van der Waals surface area contributed by atoms with Crippen molar-refractivity contribution in [1.29, 1.82) is 0 Å². The lowest BCUT2D eigenvalue weighted by atomic mass is 10.2. The van der Waals surface area contributed by atoms with Crippen molar-refractivity contribution in [2.45, 2.75) is 6.92 Å². The molecule has 38 heavy (non-hydrogen) atoms. The summed E-state index contributed by atoms with van der Waals surface area (Å²) in [6.07, 6.45) is 0. The van der Waals surface area contributed by atoms with Gasteiger partial charge in [-0.15, -0.1) is 0 Å². The summed E-state index contributed by atoms with van der Waals surface area (Å²) >= 11 is 0. The van der Waals surface area contributed by atoms with Crippen LogP contribution in [0.4, 0.5) is 0 Å². The number of aromatic nitrogens is 3. The van der Waals surface area contributed by atoms with E-state index in [-0.39, 0.29) is 5.82 Å². The van der Waals surface area contributed by atoms with Gasteiger partial charge in [0.2, 0.25) is 0 Å². The molecule has 0 fully saturated rings. The second-order valence-corrected chi connectivity index (χ2v) is 11.0. The molecule has 0 aliphatic rings. The SMILES string of the molecule is [2H]c1c([2H])c([2H])c(-c2nc(C)nc(-c3c([2H])c([2H])c([2H])c([Si](c4c([2H])c([2H])c([2H])c([2H])c4[2H])(c4c([2H])c([2H])c([2H])c([2H])c4[2H])c4c([2H])c([2H])c([2H])c([2H])c4[2H])c3[2H])n2)c([2H])c1[2H]. The van der Waals surface area contributed by atoms with Crippen LogP contribution in [0.15, 0.2) is 145 Å². The fraction of sp³-hybridized carbons (Fsp3) is 0.0294. The van der Waals surface area contributed by atoms with Crippen LogP contribution < -0.4 is 20.7 Å². The molecule has 182 valence electrons. The average molecular weight is 530 g/mol. The van der Waals surface area contributed by atoms with Gasteiger partial charge in [0.15, 0.2) is 19.7 Å². The van der Waals surface area contributed by atoms with Crippen molar-refractivity contribution >= 4 is 28.8 Å². The molecule has 0 saturated heterocycles. The molecule has 0 bridgehead atoms.